The summed E-state index contributed by atoms with van der Waals surface area (Å²) in [5.74, 6) is 4.80. The topological polar surface area (TPSA) is 28.7 Å². The Hall–Kier alpha value is -0.790. The maximum absolute atomic E-state index is 4.52. The fourth-order valence-corrected chi connectivity index (χ4v) is 5.27. The summed E-state index contributed by atoms with van der Waals surface area (Å²) in [5.41, 5.74) is 0. The lowest BCUT2D eigenvalue weighted by Gasteiger charge is -2.32. The van der Waals surface area contributed by atoms with E-state index in [0.29, 0.717) is 5.92 Å². The molecule has 1 saturated carbocycles. The molecule has 0 amide bonds. The van der Waals surface area contributed by atoms with Crippen LogP contribution in [0.25, 0.3) is 0 Å². The minimum Gasteiger partial charge on any atom is -0.348 e. The Morgan fingerprint density at radius 2 is 1.70 bits per heavy atom. The van der Waals surface area contributed by atoms with Crippen molar-refractivity contribution in [1.82, 2.24) is 9.97 Å². The average Bonchev–Trinajstić information content (AvgIpc) is 3.22. The van der Waals surface area contributed by atoms with E-state index < -0.39 is 0 Å². The number of aromatic nitrogens is 2. The summed E-state index contributed by atoms with van der Waals surface area (Å²) in [6, 6.07) is 0. The van der Waals surface area contributed by atoms with Crippen molar-refractivity contribution in [2.45, 2.75) is 123 Å². The standard InChI is InChI=1S/C25H46N2/c1-4-6-7-8-9-13-22-15-17-23(18-16-22)21(3)12-10-14-24(11-5-2)25-26-19-20-27-25/h19-24H,4-18H2,1-3H3,(H,26,27). The van der Waals surface area contributed by atoms with Crippen molar-refractivity contribution in [1.29, 1.82) is 0 Å². The molecule has 0 bridgehead atoms. The maximum atomic E-state index is 4.52. The summed E-state index contributed by atoms with van der Waals surface area (Å²) < 4.78 is 0. The second kappa shape index (κ2) is 13.4. The predicted octanol–water partition coefficient (Wildman–Crippen LogP) is 8.27. The molecule has 0 aliphatic heterocycles. The third kappa shape index (κ3) is 8.40. The van der Waals surface area contributed by atoms with Crippen LogP contribution in [0.3, 0.4) is 0 Å². The normalized spacial score (nSPS) is 22.6. The van der Waals surface area contributed by atoms with Crippen molar-refractivity contribution >= 4 is 0 Å². The molecule has 1 heterocycles. The minimum atomic E-state index is 0.639. The molecule has 0 aromatic carbocycles. The zero-order valence-electron chi connectivity index (χ0n) is 18.5. The first kappa shape index (κ1) is 22.5. The lowest BCUT2D eigenvalue weighted by molar-refractivity contribution is 0.195. The molecule has 1 aromatic heterocycles. The molecular formula is C25H46N2. The van der Waals surface area contributed by atoms with E-state index in [-0.39, 0.29) is 0 Å². The zero-order chi connectivity index (χ0) is 19.3. The van der Waals surface area contributed by atoms with E-state index in [1.807, 2.05) is 12.4 Å². The van der Waals surface area contributed by atoms with Gasteiger partial charge in [-0.3, -0.25) is 0 Å². The third-order valence-electron chi connectivity index (χ3n) is 7.17. The highest BCUT2D eigenvalue weighted by Crippen LogP contribution is 2.38. The molecule has 0 radical (unpaired) electrons. The average molecular weight is 375 g/mol. The molecule has 156 valence electrons. The smallest absolute Gasteiger partial charge is 0.109 e. The molecular weight excluding hydrogens is 328 g/mol. The number of H-pyrrole nitrogens is 1. The zero-order valence-corrected chi connectivity index (χ0v) is 18.5. The van der Waals surface area contributed by atoms with Gasteiger partial charge in [-0.1, -0.05) is 91.4 Å². The van der Waals surface area contributed by atoms with Crippen LogP contribution in [0.5, 0.6) is 0 Å². The molecule has 0 spiro atoms. The van der Waals surface area contributed by atoms with Crippen LogP contribution >= 0.6 is 0 Å². The van der Waals surface area contributed by atoms with Crippen LogP contribution in [-0.2, 0) is 0 Å². The first-order valence-electron chi connectivity index (χ1n) is 12.2. The monoisotopic (exact) mass is 374 g/mol. The van der Waals surface area contributed by atoms with E-state index in [9.17, 15) is 0 Å². The Morgan fingerprint density at radius 1 is 0.926 bits per heavy atom. The highest BCUT2D eigenvalue weighted by molar-refractivity contribution is 4.96. The molecule has 27 heavy (non-hydrogen) atoms. The van der Waals surface area contributed by atoms with Crippen molar-refractivity contribution in [2.75, 3.05) is 0 Å². The van der Waals surface area contributed by atoms with Gasteiger partial charge in [0.05, 0.1) is 0 Å². The molecule has 1 fully saturated rings. The Balaban J connectivity index is 1.59. The molecule has 2 rings (SSSR count). The van der Waals surface area contributed by atoms with Gasteiger partial charge in [-0.25, -0.2) is 4.98 Å². The second-order valence-electron chi connectivity index (χ2n) is 9.35. The van der Waals surface area contributed by atoms with Gasteiger partial charge in [0.15, 0.2) is 0 Å². The number of aromatic amines is 1. The van der Waals surface area contributed by atoms with Gasteiger partial charge in [-0.05, 0) is 43.4 Å². The Bertz CT molecular complexity index is 445. The number of imidazole rings is 1. The lowest BCUT2D eigenvalue weighted by atomic mass is 9.73. The highest BCUT2D eigenvalue weighted by Gasteiger charge is 2.25. The number of nitrogens with zero attached hydrogens (tertiary/aromatic N) is 1. The molecule has 0 saturated heterocycles. The van der Waals surface area contributed by atoms with Gasteiger partial charge < -0.3 is 4.98 Å². The van der Waals surface area contributed by atoms with Crippen LogP contribution in [0.2, 0.25) is 0 Å². The third-order valence-corrected chi connectivity index (χ3v) is 7.17. The van der Waals surface area contributed by atoms with Gasteiger partial charge in [0.25, 0.3) is 0 Å². The van der Waals surface area contributed by atoms with E-state index >= 15 is 0 Å². The van der Waals surface area contributed by atoms with Crippen LogP contribution in [-0.4, -0.2) is 9.97 Å². The maximum Gasteiger partial charge on any atom is 0.109 e. The summed E-state index contributed by atoms with van der Waals surface area (Å²) in [6.45, 7) is 7.13. The minimum absolute atomic E-state index is 0.639. The molecule has 1 aliphatic carbocycles. The predicted molar refractivity (Wildman–Crippen MR) is 118 cm³/mol. The molecule has 2 unspecified atom stereocenters. The first-order chi connectivity index (χ1) is 13.2. The Labute approximate surface area is 169 Å². The Morgan fingerprint density at radius 3 is 2.37 bits per heavy atom. The summed E-state index contributed by atoms with van der Waals surface area (Å²) in [6.07, 6.45) is 25.2. The summed E-state index contributed by atoms with van der Waals surface area (Å²) in [5, 5.41) is 0. The van der Waals surface area contributed by atoms with Crippen molar-refractivity contribution in [2.24, 2.45) is 17.8 Å². The first-order valence-corrected chi connectivity index (χ1v) is 12.2. The van der Waals surface area contributed by atoms with Crippen molar-refractivity contribution in [3.05, 3.63) is 18.2 Å². The van der Waals surface area contributed by atoms with Crippen molar-refractivity contribution in [3.8, 4) is 0 Å². The number of rotatable bonds is 14. The fourth-order valence-electron chi connectivity index (χ4n) is 5.27. The summed E-state index contributed by atoms with van der Waals surface area (Å²) in [7, 11) is 0. The van der Waals surface area contributed by atoms with E-state index in [1.54, 1.807) is 0 Å². The molecule has 2 heteroatoms. The van der Waals surface area contributed by atoms with Gasteiger partial charge in [0, 0.05) is 18.3 Å². The van der Waals surface area contributed by atoms with Crippen LogP contribution < -0.4 is 0 Å². The van der Waals surface area contributed by atoms with Crippen LogP contribution in [0.4, 0.5) is 0 Å². The van der Waals surface area contributed by atoms with E-state index in [1.165, 1.54) is 102 Å². The van der Waals surface area contributed by atoms with Gasteiger partial charge in [-0.2, -0.15) is 0 Å². The van der Waals surface area contributed by atoms with Crippen LogP contribution in [0.15, 0.2) is 12.4 Å². The molecule has 2 nitrogen and oxygen atoms in total. The van der Waals surface area contributed by atoms with Gasteiger partial charge >= 0.3 is 0 Å². The van der Waals surface area contributed by atoms with Gasteiger partial charge in [0.2, 0.25) is 0 Å². The summed E-state index contributed by atoms with van der Waals surface area (Å²) >= 11 is 0. The van der Waals surface area contributed by atoms with Crippen LogP contribution in [0, 0.1) is 17.8 Å². The number of unbranched alkanes of at least 4 members (excludes halogenated alkanes) is 4. The van der Waals surface area contributed by atoms with Crippen molar-refractivity contribution in [3.63, 3.8) is 0 Å². The summed E-state index contributed by atoms with van der Waals surface area (Å²) in [4.78, 5) is 7.86. The van der Waals surface area contributed by atoms with E-state index in [2.05, 4.69) is 30.7 Å². The van der Waals surface area contributed by atoms with Crippen molar-refractivity contribution < 1.29 is 0 Å². The number of nitrogens with one attached hydrogen (secondary N) is 1. The van der Waals surface area contributed by atoms with Gasteiger partial charge in [-0.15, -0.1) is 0 Å². The largest absolute Gasteiger partial charge is 0.348 e. The van der Waals surface area contributed by atoms with E-state index in [4.69, 9.17) is 0 Å². The lowest BCUT2D eigenvalue weighted by Crippen LogP contribution is -2.20. The van der Waals surface area contributed by atoms with E-state index in [0.717, 1.165) is 17.8 Å². The van der Waals surface area contributed by atoms with Gasteiger partial charge in [0.1, 0.15) is 5.82 Å². The molecule has 1 aliphatic rings. The Kier molecular flexibility index (Phi) is 11.2. The number of hydrogen-bond acceptors (Lipinski definition) is 1. The number of hydrogen-bond donors (Lipinski definition) is 1. The SMILES string of the molecule is CCCCCCCC1CCC(C(C)CCCC(CCC)c2ncc[nH]2)CC1. The molecule has 2 atom stereocenters. The second-order valence-corrected chi connectivity index (χ2v) is 9.35. The highest BCUT2D eigenvalue weighted by atomic mass is 14.9. The molecule has 1 N–H and O–H groups in total. The van der Waals surface area contributed by atoms with Crippen LogP contribution in [0.1, 0.15) is 129 Å². The fraction of sp³-hybridized carbons (Fsp3) is 0.880. The molecule has 1 aromatic rings. The quantitative estimate of drug-likeness (QED) is 0.326.